The summed E-state index contributed by atoms with van der Waals surface area (Å²) in [7, 11) is 0. The molecule has 0 radical (unpaired) electrons. The van der Waals surface area contributed by atoms with Crippen molar-refractivity contribution in [1.82, 2.24) is 10.1 Å². The van der Waals surface area contributed by atoms with Crippen LogP contribution >= 0.6 is 0 Å². The lowest BCUT2D eigenvalue weighted by atomic mass is 9.93. The Morgan fingerprint density at radius 3 is 2.55 bits per heavy atom. The van der Waals surface area contributed by atoms with Crippen molar-refractivity contribution in [1.29, 1.82) is 0 Å². The highest BCUT2D eigenvalue weighted by molar-refractivity contribution is 6.38. The predicted molar refractivity (Wildman–Crippen MR) is 162 cm³/mol. The minimum atomic E-state index is -4.56. The van der Waals surface area contributed by atoms with E-state index in [2.05, 4.69) is 37.5 Å². The Morgan fingerprint density at radius 2 is 1.86 bits per heavy atom. The molecule has 9 nitrogen and oxygen atoms in total. The van der Waals surface area contributed by atoms with Crippen LogP contribution < -0.4 is 10.6 Å². The Kier molecular flexibility index (Phi) is 9.25. The summed E-state index contributed by atoms with van der Waals surface area (Å²) in [6, 6.07) is 8.01. The number of hydrogen-bond acceptors (Lipinski definition) is 6. The van der Waals surface area contributed by atoms with E-state index in [0.29, 0.717) is 35.0 Å². The summed E-state index contributed by atoms with van der Waals surface area (Å²) in [6.45, 7) is 9.01. The van der Waals surface area contributed by atoms with Gasteiger partial charge in [-0.15, -0.1) is 0 Å². The first-order chi connectivity index (χ1) is 20.9. The minimum absolute atomic E-state index is 0.201. The van der Waals surface area contributed by atoms with E-state index in [4.69, 9.17) is 9.26 Å². The van der Waals surface area contributed by atoms with E-state index in [1.807, 2.05) is 20.8 Å². The summed E-state index contributed by atoms with van der Waals surface area (Å²) in [5, 5.41) is 9.21. The van der Waals surface area contributed by atoms with E-state index >= 15 is 0 Å². The van der Waals surface area contributed by atoms with Crippen molar-refractivity contribution in [2.45, 2.75) is 64.2 Å². The number of likely N-dealkylation sites (tertiary alicyclic amines) is 1. The second-order valence-corrected chi connectivity index (χ2v) is 11.9. The smallest absolute Gasteiger partial charge is 0.420 e. The molecule has 12 heteroatoms. The fourth-order valence-electron chi connectivity index (χ4n) is 4.94. The molecule has 1 aromatic heterocycles. The monoisotopic (exact) mass is 609 g/mol. The molecule has 3 aliphatic heterocycles. The lowest BCUT2D eigenvalue weighted by Crippen LogP contribution is -2.31. The van der Waals surface area contributed by atoms with Gasteiger partial charge in [0, 0.05) is 35.4 Å². The third kappa shape index (κ3) is 8.17. The first-order valence-electron chi connectivity index (χ1n) is 14.7. The number of aliphatic imine (C=N–C) groups is 1. The van der Waals surface area contributed by atoms with E-state index < -0.39 is 23.9 Å². The molecule has 232 valence electrons. The number of amides is 2. The number of aromatic nitrogens is 1. The van der Waals surface area contributed by atoms with Gasteiger partial charge in [-0.3, -0.25) is 5.32 Å². The van der Waals surface area contributed by atoms with Gasteiger partial charge in [0.2, 0.25) is 12.4 Å². The van der Waals surface area contributed by atoms with Gasteiger partial charge in [-0.05, 0) is 62.5 Å². The highest BCUT2D eigenvalue weighted by atomic mass is 19.4. The van der Waals surface area contributed by atoms with Crippen molar-refractivity contribution in [2.24, 2.45) is 4.99 Å². The summed E-state index contributed by atoms with van der Waals surface area (Å²) in [5.41, 5.74) is 0.462. The van der Waals surface area contributed by atoms with Gasteiger partial charge in [-0.2, -0.15) is 22.7 Å². The Bertz CT molecular complexity index is 1550. The molecule has 3 aliphatic rings. The molecule has 0 bridgehead atoms. The average molecular weight is 610 g/mol. The highest BCUT2D eigenvalue weighted by Crippen LogP contribution is 2.35. The summed E-state index contributed by atoms with van der Waals surface area (Å²) in [4.78, 5) is 19.0. The van der Waals surface area contributed by atoms with Gasteiger partial charge in [-0.1, -0.05) is 38.3 Å². The normalized spacial score (nSPS) is 18.6. The van der Waals surface area contributed by atoms with Gasteiger partial charge in [0.1, 0.15) is 11.3 Å². The van der Waals surface area contributed by atoms with Gasteiger partial charge >= 0.3 is 12.2 Å². The maximum atomic E-state index is 13.8. The van der Waals surface area contributed by atoms with Gasteiger partial charge in [0.05, 0.1) is 6.61 Å². The van der Waals surface area contributed by atoms with Crippen LogP contribution in [0.4, 0.5) is 29.5 Å². The fourth-order valence-corrected chi connectivity index (χ4v) is 4.94. The van der Waals surface area contributed by atoms with Gasteiger partial charge in [-0.25, -0.2) is 4.79 Å². The van der Waals surface area contributed by atoms with Crippen LogP contribution in [0.5, 0.6) is 0 Å². The molecule has 2 N–H and O–H groups in total. The molecule has 1 saturated heterocycles. The third-order valence-electron chi connectivity index (χ3n) is 7.29. The molecule has 1 unspecified atom stereocenters. The average Bonchev–Trinajstić information content (AvgIpc) is 3.61. The Hall–Kier alpha value is -4.37. The number of carbonyl (C=O) groups excluding carboxylic acids is 1. The van der Waals surface area contributed by atoms with Crippen LogP contribution in [-0.2, 0) is 10.2 Å². The topological polar surface area (TPSA) is 95.0 Å². The quantitative estimate of drug-likeness (QED) is 0.226. The lowest BCUT2D eigenvalue weighted by molar-refractivity contribution is -0.479. The van der Waals surface area contributed by atoms with Crippen molar-refractivity contribution in [3.63, 3.8) is 0 Å². The Balaban J connectivity index is 1.17. The zero-order chi connectivity index (χ0) is 31.3. The number of carbonyl (C=O) groups is 1. The summed E-state index contributed by atoms with van der Waals surface area (Å²) in [5.74, 6) is 6.63. The molecule has 2 aromatic rings. The standard InChI is InChI=1S/C32H35F3N6O3/c1-31(2,3)27-19-28(39-44-27)38-30(42)37-23-11-8-22(9-12-23)10-13-24-20-41-21-26(25(32(33,34)35)18-29(41)36-24)43-17-7-16-40-14-5-4-6-15-40/h8-9,11-12,18-21,29H,4-7,14-17H2,1-3H3,(H-,36,37,38,39,42)/p+1. The number of ether oxygens (including phenoxy) is 1. The number of piperidine rings is 1. The zero-order valence-electron chi connectivity index (χ0n) is 25.0. The van der Waals surface area contributed by atoms with E-state index in [0.717, 1.165) is 38.6 Å². The molecule has 1 aromatic carbocycles. The number of urea groups is 1. The van der Waals surface area contributed by atoms with Crippen LogP contribution in [0.3, 0.4) is 0 Å². The van der Waals surface area contributed by atoms with Crippen molar-refractivity contribution in [2.75, 3.05) is 36.9 Å². The first-order valence-corrected chi connectivity index (χ1v) is 14.7. The molecule has 1 fully saturated rings. The number of nitrogens with zero attached hydrogens (tertiary/aromatic N) is 4. The first kappa shape index (κ1) is 31.1. The molecule has 1 atom stereocenters. The van der Waals surface area contributed by atoms with Crippen molar-refractivity contribution in [3.05, 3.63) is 65.3 Å². The molecule has 2 amide bonds. The SMILES string of the molecule is CC(C)(C)c1cc(NC(=O)Nc2ccc(C#CC3=NC4C=C(C(F)(F)F)C(OCCCN5CCCCC5)=C[N+]4=C3)cc2)no1. The number of halogens is 3. The molecular formula is C32H36F3N6O3+. The van der Waals surface area contributed by atoms with E-state index in [9.17, 15) is 18.0 Å². The fraction of sp³-hybridized carbons (Fsp3) is 0.438. The Labute approximate surface area is 254 Å². The molecule has 5 rings (SSSR count). The second-order valence-electron chi connectivity index (χ2n) is 11.9. The van der Waals surface area contributed by atoms with Crippen molar-refractivity contribution in [3.8, 4) is 11.8 Å². The molecule has 4 heterocycles. The largest absolute Gasteiger partial charge is 0.487 e. The maximum Gasteiger partial charge on any atom is 0.420 e. The van der Waals surface area contributed by atoms with Crippen LogP contribution in [0.1, 0.15) is 57.8 Å². The van der Waals surface area contributed by atoms with Crippen molar-refractivity contribution >= 4 is 29.5 Å². The summed E-state index contributed by atoms with van der Waals surface area (Å²) >= 11 is 0. The number of nitrogens with one attached hydrogen (secondary N) is 2. The summed E-state index contributed by atoms with van der Waals surface area (Å²) < 4.78 is 54.0. The second kappa shape index (κ2) is 13.1. The number of benzene rings is 1. The van der Waals surface area contributed by atoms with Crippen LogP contribution in [0.2, 0.25) is 0 Å². The van der Waals surface area contributed by atoms with Crippen LogP contribution in [0.15, 0.2) is 63.5 Å². The van der Waals surface area contributed by atoms with Crippen molar-refractivity contribution < 1.29 is 31.8 Å². The molecule has 0 aliphatic carbocycles. The third-order valence-corrected chi connectivity index (χ3v) is 7.29. The number of anilines is 2. The van der Waals surface area contributed by atoms with E-state index in [1.54, 1.807) is 41.1 Å². The molecule has 0 saturated carbocycles. The van der Waals surface area contributed by atoms with Crippen LogP contribution in [-0.4, -0.2) is 71.2 Å². The molecule has 0 spiro atoms. The molecule has 44 heavy (non-hydrogen) atoms. The highest BCUT2D eigenvalue weighted by Gasteiger charge is 2.44. The van der Waals surface area contributed by atoms with Crippen LogP contribution in [0.25, 0.3) is 0 Å². The van der Waals surface area contributed by atoms with E-state index in [-0.39, 0.29) is 17.8 Å². The number of alkyl halides is 3. The minimum Gasteiger partial charge on any atom is -0.487 e. The number of hydrogen-bond donors (Lipinski definition) is 2. The zero-order valence-corrected chi connectivity index (χ0v) is 25.0. The molecular weight excluding hydrogens is 573 g/mol. The Morgan fingerprint density at radius 1 is 1.11 bits per heavy atom. The lowest BCUT2D eigenvalue weighted by Gasteiger charge is -2.26. The van der Waals surface area contributed by atoms with Crippen LogP contribution in [0, 0.1) is 11.8 Å². The summed E-state index contributed by atoms with van der Waals surface area (Å²) in [6.07, 6.45) is 2.83. The number of rotatable bonds is 7. The van der Waals surface area contributed by atoms with Gasteiger partial charge in [0.15, 0.2) is 17.3 Å². The number of allylic oxidation sites excluding steroid dienone is 1. The van der Waals surface area contributed by atoms with Gasteiger partial charge < -0.3 is 19.5 Å². The van der Waals surface area contributed by atoms with Gasteiger partial charge in [0.25, 0.3) is 6.17 Å². The predicted octanol–water partition coefficient (Wildman–Crippen LogP) is 6.07. The van der Waals surface area contributed by atoms with E-state index in [1.165, 1.54) is 12.6 Å². The number of fused-ring (bicyclic) bond motifs is 1. The maximum absolute atomic E-state index is 13.8.